The summed E-state index contributed by atoms with van der Waals surface area (Å²) in [6.07, 6.45) is 0.495. The molecule has 0 atom stereocenters. The van der Waals surface area contributed by atoms with E-state index in [1.807, 2.05) is 18.2 Å². The average molecular weight is 480 g/mol. The van der Waals surface area contributed by atoms with Gasteiger partial charge in [-0.15, -0.1) is 11.3 Å². The number of thiazole rings is 1. The molecule has 174 valence electrons. The zero-order valence-corrected chi connectivity index (χ0v) is 19.3. The summed E-state index contributed by atoms with van der Waals surface area (Å²) >= 11 is 1.28. The number of anilines is 1. The van der Waals surface area contributed by atoms with Crippen molar-refractivity contribution in [1.29, 1.82) is 0 Å². The number of carbonyl (C=O) groups is 2. The molecule has 0 bridgehead atoms. The Morgan fingerprint density at radius 2 is 1.85 bits per heavy atom. The Morgan fingerprint density at radius 1 is 1.12 bits per heavy atom. The molecule has 0 spiro atoms. The highest BCUT2D eigenvalue weighted by molar-refractivity contribution is 7.14. The molecule has 1 N–H and O–H groups in total. The number of nitrogens with zero attached hydrogens (tertiary/aromatic N) is 2. The smallest absolute Gasteiger partial charge is 0.291 e. The minimum absolute atomic E-state index is 0.102. The van der Waals surface area contributed by atoms with Gasteiger partial charge in [-0.05, 0) is 36.8 Å². The zero-order valence-electron chi connectivity index (χ0n) is 18.5. The fourth-order valence-electron chi connectivity index (χ4n) is 3.92. The van der Waals surface area contributed by atoms with Gasteiger partial charge in [0.25, 0.3) is 11.8 Å². The molecule has 2 aromatic carbocycles. The van der Waals surface area contributed by atoms with E-state index in [1.165, 1.54) is 23.5 Å². The molecule has 34 heavy (non-hydrogen) atoms. The van der Waals surface area contributed by atoms with Gasteiger partial charge in [-0.2, -0.15) is 0 Å². The van der Waals surface area contributed by atoms with Crippen molar-refractivity contribution >= 4 is 39.8 Å². The molecule has 2 aromatic heterocycles. The second kappa shape index (κ2) is 9.36. The summed E-state index contributed by atoms with van der Waals surface area (Å²) in [5.41, 5.74) is 2.37. The molecule has 0 aliphatic carbocycles. The van der Waals surface area contributed by atoms with Crippen molar-refractivity contribution in [1.82, 2.24) is 9.88 Å². The molecular formula is C25H22FN3O4S. The molecule has 5 rings (SSSR count). The molecule has 0 radical (unpaired) electrons. The van der Waals surface area contributed by atoms with Crippen LogP contribution in [-0.2, 0) is 11.2 Å². The number of aryl methyl sites for hydroxylation is 1. The lowest BCUT2D eigenvalue weighted by molar-refractivity contribution is 0.0285. The maximum atomic E-state index is 13.3. The summed E-state index contributed by atoms with van der Waals surface area (Å²) in [6.45, 7) is 3.62. The molecular weight excluding hydrogens is 457 g/mol. The quantitative estimate of drug-likeness (QED) is 0.450. The monoisotopic (exact) mass is 479 g/mol. The molecule has 1 fully saturated rings. The maximum absolute atomic E-state index is 13.3. The molecule has 4 aromatic rings. The van der Waals surface area contributed by atoms with Crippen LogP contribution < -0.4 is 5.32 Å². The van der Waals surface area contributed by atoms with E-state index < -0.39 is 0 Å². The Kier molecular flexibility index (Phi) is 6.12. The number of benzene rings is 2. The summed E-state index contributed by atoms with van der Waals surface area (Å²) in [4.78, 5) is 33.1. The molecule has 0 saturated carbocycles. The fourth-order valence-corrected chi connectivity index (χ4v) is 4.91. The predicted molar refractivity (Wildman–Crippen MR) is 127 cm³/mol. The highest BCUT2D eigenvalue weighted by Gasteiger charge is 2.28. The second-order valence-corrected chi connectivity index (χ2v) is 9.07. The highest BCUT2D eigenvalue weighted by Crippen LogP contribution is 2.33. The van der Waals surface area contributed by atoms with Crippen LogP contribution >= 0.6 is 11.3 Å². The van der Waals surface area contributed by atoms with Crippen molar-refractivity contribution in [2.45, 2.75) is 13.3 Å². The Bertz CT molecular complexity index is 1360. The van der Waals surface area contributed by atoms with Gasteiger partial charge in [0.1, 0.15) is 22.0 Å². The van der Waals surface area contributed by atoms with Gasteiger partial charge >= 0.3 is 0 Å². The first-order chi connectivity index (χ1) is 16.5. The number of hydrogen-bond donors (Lipinski definition) is 1. The van der Waals surface area contributed by atoms with E-state index in [2.05, 4.69) is 10.3 Å². The van der Waals surface area contributed by atoms with Crippen LogP contribution in [0.25, 0.3) is 11.0 Å². The number of hydrogen-bond acceptors (Lipinski definition) is 6. The number of furan rings is 1. The van der Waals surface area contributed by atoms with Crippen molar-refractivity contribution in [2.24, 2.45) is 0 Å². The fraction of sp³-hybridized carbons (Fsp3) is 0.240. The van der Waals surface area contributed by atoms with Crippen LogP contribution in [0.15, 0.2) is 52.9 Å². The van der Waals surface area contributed by atoms with Gasteiger partial charge in [0.2, 0.25) is 5.76 Å². The van der Waals surface area contributed by atoms with Gasteiger partial charge in [0.15, 0.2) is 0 Å². The van der Waals surface area contributed by atoms with Crippen LogP contribution in [0.2, 0.25) is 0 Å². The van der Waals surface area contributed by atoms with Crippen molar-refractivity contribution < 1.29 is 23.1 Å². The van der Waals surface area contributed by atoms with Crippen molar-refractivity contribution in [2.75, 3.05) is 31.6 Å². The van der Waals surface area contributed by atoms with Crippen LogP contribution in [0.5, 0.6) is 0 Å². The van der Waals surface area contributed by atoms with E-state index in [1.54, 1.807) is 30.0 Å². The number of rotatable bonds is 5. The minimum atomic E-state index is -0.358. The SMILES string of the molecule is Cc1nc(Cc2ccc(F)cc2)sc1C(=O)Nc1c(C(=O)N2CCOCC2)oc2ccccc12. The second-order valence-electron chi connectivity index (χ2n) is 7.99. The lowest BCUT2D eigenvalue weighted by Crippen LogP contribution is -2.40. The summed E-state index contributed by atoms with van der Waals surface area (Å²) in [5, 5.41) is 4.30. The molecule has 9 heteroatoms. The first kappa shape index (κ1) is 22.2. The van der Waals surface area contributed by atoms with Crippen molar-refractivity contribution in [3.05, 3.63) is 81.3 Å². The molecule has 1 aliphatic heterocycles. The summed E-state index contributed by atoms with van der Waals surface area (Å²) < 4.78 is 24.4. The van der Waals surface area contributed by atoms with Crippen molar-refractivity contribution in [3.63, 3.8) is 0 Å². The zero-order chi connectivity index (χ0) is 23.7. The number of morpholine rings is 1. The van der Waals surface area contributed by atoms with Crippen LogP contribution in [0.4, 0.5) is 10.1 Å². The highest BCUT2D eigenvalue weighted by atomic mass is 32.1. The van der Waals surface area contributed by atoms with Gasteiger partial charge in [0, 0.05) is 24.9 Å². The largest absolute Gasteiger partial charge is 0.449 e. The molecule has 1 saturated heterocycles. The molecule has 1 aliphatic rings. The number of fused-ring (bicyclic) bond motifs is 1. The summed E-state index contributed by atoms with van der Waals surface area (Å²) in [5.74, 6) is -0.838. The van der Waals surface area contributed by atoms with Gasteiger partial charge in [-0.3, -0.25) is 9.59 Å². The van der Waals surface area contributed by atoms with Crippen LogP contribution in [-0.4, -0.2) is 48.0 Å². The van der Waals surface area contributed by atoms with E-state index >= 15 is 0 Å². The molecule has 3 heterocycles. The number of aromatic nitrogens is 1. The first-order valence-corrected chi connectivity index (χ1v) is 11.7. The number of ether oxygens (including phenoxy) is 1. The Hall–Kier alpha value is -3.56. The van der Waals surface area contributed by atoms with Crippen LogP contribution in [0.3, 0.4) is 0 Å². The van der Waals surface area contributed by atoms with E-state index in [0.29, 0.717) is 60.0 Å². The number of nitrogens with one attached hydrogen (secondary N) is 1. The topological polar surface area (TPSA) is 84.7 Å². The predicted octanol–water partition coefficient (Wildman–Crippen LogP) is 4.65. The molecule has 0 unspecified atom stereocenters. The number of halogens is 1. The van der Waals surface area contributed by atoms with Crippen LogP contribution in [0.1, 0.15) is 36.5 Å². The lowest BCUT2D eigenvalue weighted by Gasteiger charge is -2.26. The molecule has 7 nitrogen and oxygen atoms in total. The van der Waals surface area contributed by atoms with Gasteiger partial charge < -0.3 is 19.4 Å². The standard InChI is InChI=1S/C25H22FN3O4S/c1-15-23(34-20(27-15)14-16-6-8-17(26)9-7-16)24(30)28-21-18-4-2-3-5-19(18)33-22(21)25(31)29-10-12-32-13-11-29/h2-9H,10-14H2,1H3,(H,28,30). The van der Waals surface area contributed by atoms with Gasteiger partial charge in [-0.25, -0.2) is 9.37 Å². The third-order valence-corrected chi connectivity index (χ3v) is 6.80. The summed E-state index contributed by atoms with van der Waals surface area (Å²) in [7, 11) is 0. The number of carbonyl (C=O) groups excluding carboxylic acids is 2. The van der Waals surface area contributed by atoms with E-state index in [4.69, 9.17) is 9.15 Å². The Balaban J connectivity index is 1.43. The third-order valence-electron chi connectivity index (χ3n) is 5.64. The number of para-hydroxylation sites is 1. The average Bonchev–Trinajstić information content (AvgIpc) is 3.41. The van der Waals surface area contributed by atoms with Crippen LogP contribution in [0, 0.1) is 12.7 Å². The van der Waals surface area contributed by atoms with Gasteiger partial charge in [0.05, 0.1) is 23.9 Å². The normalized spacial score (nSPS) is 13.9. The maximum Gasteiger partial charge on any atom is 0.291 e. The van der Waals surface area contributed by atoms with Gasteiger partial charge in [-0.1, -0.05) is 24.3 Å². The third kappa shape index (κ3) is 4.44. The first-order valence-electron chi connectivity index (χ1n) is 10.9. The van der Waals surface area contributed by atoms with E-state index in [-0.39, 0.29) is 23.4 Å². The minimum Gasteiger partial charge on any atom is -0.449 e. The molecule has 2 amide bonds. The lowest BCUT2D eigenvalue weighted by atomic mass is 10.1. The summed E-state index contributed by atoms with van der Waals surface area (Å²) in [6, 6.07) is 13.4. The van der Waals surface area contributed by atoms with Crippen molar-refractivity contribution in [3.8, 4) is 0 Å². The van der Waals surface area contributed by atoms with E-state index in [9.17, 15) is 14.0 Å². The number of amides is 2. The van der Waals surface area contributed by atoms with E-state index in [0.717, 1.165) is 10.6 Å². The Morgan fingerprint density at radius 3 is 2.62 bits per heavy atom. The Labute approximate surface area is 199 Å².